The average Bonchev–Trinajstić information content (AvgIpc) is 2.73. The Balaban J connectivity index is 1.98. The first kappa shape index (κ1) is 18.0. The van der Waals surface area contributed by atoms with E-state index in [0.717, 1.165) is 16.2 Å². The van der Waals surface area contributed by atoms with Crippen LogP contribution < -0.4 is 10.8 Å². The molecule has 0 aromatic heterocycles. The highest BCUT2D eigenvalue weighted by molar-refractivity contribution is 6.65. The fourth-order valence-electron chi connectivity index (χ4n) is 2.97. The van der Waals surface area contributed by atoms with Crippen LogP contribution in [-0.2, 0) is 9.31 Å². The molecule has 1 N–H and O–H groups in total. The lowest BCUT2D eigenvalue weighted by Gasteiger charge is -2.32. The van der Waals surface area contributed by atoms with E-state index >= 15 is 0 Å². The van der Waals surface area contributed by atoms with Crippen LogP contribution in [0.2, 0.25) is 0 Å². The smallest absolute Gasteiger partial charge is 0.399 e. The van der Waals surface area contributed by atoms with E-state index in [4.69, 9.17) is 9.31 Å². The molecule has 5 heteroatoms. The molecular formula is C20H26BNO3. The highest BCUT2D eigenvalue weighted by atomic mass is 16.7. The summed E-state index contributed by atoms with van der Waals surface area (Å²) < 4.78 is 12.4. The van der Waals surface area contributed by atoms with Gasteiger partial charge in [0, 0.05) is 11.6 Å². The zero-order valence-electron chi connectivity index (χ0n) is 15.8. The van der Waals surface area contributed by atoms with Gasteiger partial charge in [-0.15, -0.1) is 0 Å². The third-order valence-electron chi connectivity index (χ3n) is 5.10. The predicted octanol–water partition coefficient (Wildman–Crippen LogP) is 3.28. The van der Waals surface area contributed by atoms with E-state index in [-0.39, 0.29) is 23.2 Å². The Morgan fingerprint density at radius 3 is 2.28 bits per heavy atom. The Bertz CT molecular complexity index is 798. The highest BCUT2D eigenvalue weighted by Crippen LogP contribution is 2.37. The first-order valence-electron chi connectivity index (χ1n) is 8.80. The second kappa shape index (κ2) is 6.15. The van der Waals surface area contributed by atoms with Crippen LogP contribution in [0.4, 0.5) is 0 Å². The van der Waals surface area contributed by atoms with Crippen molar-refractivity contribution in [2.24, 2.45) is 0 Å². The summed E-state index contributed by atoms with van der Waals surface area (Å²) in [6, 6.07) is 11.9. The van der Waals surface area contributed by atoms with Crippen molar-refractivity contribution < 1.29 is 14.1 Å². The SMILES string of the molecule is CC(C)NC(=O)c1ccc2c(B3OC(C)(C)C(C)(C)O3)cccc2c1. The lowest BCUT2D eigenvalue weighted by atomic mass is 9.76. The quantitative estimate of drug-likeness (QED) is 0.873. The molecule has 0 unspecified atom stereocenters. The Morgan fingerprint density at radius 1 is 1.04 bits per heavy atom. The number of amides is 1. The maximum Gasteiger partial charge on any atom is 0.495 e. The molecule has 3 rings (SSSR count). The zero-order valence-corrected chi connectivity index (χ0v) is 15.8. The first-order valence-corrected chi connectivity index (χ1v) is 8.80. The molecule has 0 spiro atoms. The molecule has 1 saturated heterocycles. The average molecular weight is 339 g/mol. The fourth-order valence-corrected chi connectivity index (χ4v) is 2.97. The Kier molecular flexibility index (Phi) is 4.42. The van der Waals surface area contributed by atoms with Crippen LogP contribution in [0.5, 0.6) is 0 Å². The van der Waals surface area contributed by atoms with Crippen molar-refractivity contribution in [1.82, 2.24) is 5.32 Å². The van der Waals surface area contributed by atoms with Gasteiger partial charge in [-0.1, -0.05) is 24.3 Å². The van der Waals surface area contributed by atoms with Crippen molar-refractivity contribution in [3.8, 4) is 0 Å². The van der Waals surface area contributed by atoms with Crippen molar-refractivity contribution >= 4 is 29.3 Å². The van der Waals surface area contributed by atoms with Crippen LogP contribution in [-0.4, -0.2) is 30.3 Å². The van der Waals surface area contributed by atoms with Crippen molar-refractivity contribution in [3.05, 3.63) is 42.0 Å². The minimum absolute atomic E-state index is 0.0575. The minimum atomic E-state index is -0.413. The molecule has 1 heterocycles. The first-order chi connectivity index (χ1) is 11.6. The van der Waals surface area contributed by atoms with Crippen molar-refractivity contribution in [3.63, 3.8) is 0 Å². The summed E-state index contributed by atoms with van der Waals surface area (Å²) in [5.74, 6) is -0.0575. The number of hydrogen-bond donors (Lipinski definition) is 1. The molecule has 25 heavy (non-hydrogen) atoms. The normalized spacial score (nSPS) is 18.8. The summed E-state index contributed by atoms with van der Waals surface area (Å²) in [5, 5.41) is 4.97. The van der Waals surface area contributed by atoms with E-state index in [1.165, 1.54) is 0 Å². The van der Waals surface area contributed by atoms with Crippen molar-refractivity contribution in [2.45, 2.75) is 58.8 Å². The maximum atomic E-state index is 12.2. The molecule has 1 aliphatic rings. The van der Waals surface area contributed by atoms with Crippen molar-refractivity contribution in [2.75, 3.05) is 0 Å². The summed E-state index contributed by atoms with van der Waals surface area (Å²) in [6.07, 6.45) is 0. The van der Waals surface area contributed by atoms with E-state index in [9.17, 15) is 4.79 Å². The largest absolute Gasteiger partial charge is 0.495 e. The molecular weight excluding hydrogens is 313 g/mol. The monoisotopic (exact) mass is 339 g/mol. The number of nitrogens with one attached hydrogen (secondary N) is 1. The predicted molar refractivity (Wildman–Crippen MR) is 102 cm³/mol. The topological polar surface area (TPSA) is 47.6 Å². The van der Waals surface area contributed by atoms with Crippen LogP contribution in [0.1, 0.15) is 51.9 Å². The van der Waals surface area contributed by atoms with Gasteiger partial charge in [-0.05, 0) is 69.9 Å². The van der Waals surface area contributed by atoms with E-state index in [2.05, 4.69) is 5.32 Å². The van der Waals surface area contributed by atoms with E-state index in [0.29, 0.717) is 5.56 Å². The number of carbonyl (C=O) groups is 1. The van der Waals surface area contributed by atoms with E-state index < -0.39 is 7.12 Å². The van der Waals surface area contributed by atoms with Crippen LogP contribution in [0, 0.1) is 0 Å². The molecule has 0 atom stereocenters. The Hall–Kier alpha value is -1.85. The Morgan fingerprint density at radius 2 is 1.68 bits per heavy atom. The summed E-state index contributed by atoms with van der Waals surface area (Å²) in [7, 11) is -0.413. The molecule has 132 valence electrons. The maximum absolute atomic E-state index is 12.2. The highest BCUT2D eigenvalue weighted by Gasteiger charge is 2.52. The molecule has 1 fully saturated rings. The van der Waals surface area contributed by atoms with Crippen LogP contribution >= 0.6 is 0 Å². The zero-order chi connectivity index (χ0) is 18.4. The molecule has 0 radical (unpaired) electrons. The van der Waals surface area contributed by atoms with Gasteiger partial charge in [0.2, 0.25) is 0 Å². The molecule has 0 aliphatic carbocycles. The molecule has 4 nitrogen and oxygen atoms in total. The fraction of sp³-hybridized carbons (Fsp3) is 0.450. The van der Waals surface area contributed by atoms with Crippen molar-refractivity contribution in [1.29, 1.82) is 0 Å². The molecule has 0 bridgehead atoms. The molecule has 0 saturated carbocycles. The number of benzene rings is 2. The van der Waals surface area contributed by atoms with E-state index in [1.807, 2.05) is 77.9 Å². The molecule has 2 aromatic carbocycles. The van der Waals surface area contributed by atoms with Gasteiger partial charge in [0.15, 0.2) is 0 Å². The number of rotatable bonds is 3. The lowest BCUT2D eigenvalue weighted by molar-refractivity contribution is 0.00578. The third-order valence-corrected chi connectivity index (χ3v) is 5.10. The van der Waals surface area contributed by atoms with Crippen LogP contribution in [0.15, 0.2) is 36.4 Å². The van der Waals surface area contributed by atoms with Gasteiger partial charge in [-0.25, -0.2) is 0 Å². The summed E-state index contributed by atoms with van der Waals surface area (Å²) in [5.41, 5.74) is 0.896. The summed E-state index contributed by atoms with van der Waals surface area (Å²) >= 11 is 0. The van der Waals surface area contributed by atoms with Gasteiger partial charge in [0.25, 0.3) is 5.91 Å². The number of fused-ring (bicyclic) bond motifs is 1. The van der Waals surface area contributed by atoms with Crippen LogP contribution in [0.3, 0.4) is 0 Å². The Labute approximate surface area is 150 Å². The van der Waals surface area contributed by atoms with Gasteiger partial charge >= 0.3 is 7.12 Å². The van der Waals surface area contributed by atoms with E-state index in [1.54, 1.807) is 0 Å². The van der Waals surface area contributed by atoms with Gasteiger partial charge in [0.05, 0.1) is 11.2 Å². The molecule has 2 aromatic rings. The van der Waals surface area contributed by atoms with Gasteiger partial charge in [-0.2, -0.15) is 0 Å². The number of carbonyl (C=O) groups excluding carboxylic acids is 1. The van der Waals surface area contributed by atoms with Gasteiger partial charge < -0.3 is 14.6 Å². The van der Waals surface area contributed by atoms with Gasteiger partial charge in [0.1, 0.15) is 0 Å². The number of hydrogen-bond acceptors (Lipinski definition) is 3. The molecule has 1 amide bonds. The minimum Gasteiger partial charge on any atom is -0.399 e. The lowest BCUT2D eigenvalue weighted by Crippen LogP contribution is -2.41. The second-order valence-corrected chi connectivity index (χ2v) is 8.00. The molecule has 1 aliphatic heterocycles. The third kappa shape index (κ3) is 3.31. The summed E-state index contributed by atoms with van der Waals surface area (Å²) in [6.45, 7) is 12.1. The van der Waals surface area contributed by atoms with Gasteiger partial charge in [-0.3, -0.25) is 4.79 Å². The standard InChI is InChI=1S/C20H26BNO3/c1-13(2)22-18(23)15-10-11-16-14(12-15)8-7-9-17(16)21-24-19(3,4)20(5,6)25-21/h7-13H,1-6H3,(H,22,23). The summed E-state index contributed by atoms with van der Waals surface area (Å²) in [4.78, 5) is 12.2. The van der Waals surface area contributed by atoms with Crippen LogP contribution in [0.25, 0.3) is 10.8 Å². The second-order valence-electron chi connectivity index (χ2n) is 8.00.